The molecule has 6 nitrogen and oxygen atoms in total. The van der Waals surface area contributed by atoms with Crippen LogP contribution in [0.25, 0.3) is 11.0 Å². The van der Waals surface area contributed by atoms with E-state index in [1.807, 2.05) is 47.7 Å². The van der Waals surface area contributed by atoms with E-state index in [9.17, 15) is 4.79 Å². The number of benzene rings is 1. The third-order valence-electron chi connectivity index (χ3n) is 4.74. The zero-order chi connectivity index (χ0) is 18.6. The van der Waals surface area contributed by atoms with E-state index in [0.29, 0.717) is 30.2 Å². The van der Waals surface area contributed by atoms with Crippen LogP contribution in [-0.4, -0.2) is 53.5 Å². The number of fused-ring (bicyclic) bond motifs is 1. The summed E-state index contributed by atoms with van der Waals surface area (Å²) in [5.41, 5.74) is 0.642. The Bertz CT molecular complexity index is 906. The van der Waals surface area contributed by atoms with E-state index < -0.39 is 0 Å². The van der Waals surface area contributed by atoms with E-state index >= 15 is 0 Å². The van der Waals surface area contributed by atoms with Gasteiger partial charge < -0.3 is 14.1 Å². The number of hydrogen-bond donors (Lipinski definition) is 0. The Balaban J connectivity index is 1.46. The van der Waals surface area contributed by atoms with Crippen LogP contribution in [0.4, 0.5) is 0 Å². The Labute approximate surface area is 162 Å². The van der Waals surface area contributed by atoms with Gasteiger partial charge in [0.1, 0.15) is 5.01 Å². The second-order valence-corrected chi connectivity index (χ2v) is 7.55. The number of hydrogen-bond acceptors (Lipinski definition) is 6. The summed E-state index contributed by atoms with van der Waals surface area (Å²) in [6.07, 6.45) is 2.78. The van der Waals surface area contributed by atoms with Crippen molar-refractivity contribution in [2.75, 3.05) is 32.8 Å². The van der Waals surface area contributed by atoms with Crippen molar-refractivity contribution in [3.05, 3.63) is 46.6 Å². The fraction of sp³-hybridized carbons (Fsp3) is 0.400. The van der Waals surface area contributed by atoms with Crippen LogP contribution in [0.2, 0.25) is 0 Å². The van der Waals surface area contributed by atoms with Crippen molar-refractivity contribution in [3.63, 3.8) is 0 Å². The Morgan fingerprint density at radius 1 is 1.30 bits per heavy atom. The van der Waals surface area contributed by atoms with Gasteiger partial charge in [0.15, 0.2) is 17.1 Å². The van der Waals surface area contributed by atoms with Crippen molar-refractivity contribution < 1.29 is 13.9 Å². The second-order valence-electron chi connectivity index (χ2n) is 6.57. The van der Waals surface area contributed by atoms with Gasteiger partial charge in [-0.3, -0.25) is 9.69 Å². The molecule has 1 aromatic carbocycles. The van der Waals surface area contributed by atoms with Crippen LogP contribution in [0.1, 0.15) is 28.9 Å². The van der Waals surface area contributed by atoms with E-state index in [0.717, 1.165) is 43.0 Å². The van der Waals surface area contributed by atoms with Crippen molar-refractivity contribution in [2.24, 2.45) is 0 Å². The van der Waals surface area contributed by atoms with E-state index in [2.05, 4.69) is 9.88 Å². The number of nitrogens with zero attached hydrogens (tertiary/aromatic N) is 3. The lowest BCUT2D eigenvalue weighted by atomic mass is 10.2. The van der Waals surface area contributed by atoms with E-state index in [-0.39, 0.29) is 5.91 Å². The molecule has 7 heteroatoms. The molecular weight excluding hydrogens is 362 g/mol. The predicted molar refractivity (Wildman–Crippen MR) is 105 cm³/mol. The summed E-state index contributed by atoms with van der Waals surface area (Å²) in [6, 6.07) is 7.54. The maximum atomic E-state index is 13.0. The van der Waals surface area contributed by atoms with Crippen LogP contribution < -0.4 is 4.74 Å². The van der Waals surface area contributed by atoms with Gasteiger partial charge in [0.2, 0.25) is 0 Å². The fourth-order valence-corrected chi connectivity index (χ4v) is 4.08. The minimum Gasteiger partial charge on any atom is -0.490 e. The average molecular weight is 385 g/mol. The van der Waals surface area contributed by atoms with Gasteiger partial charge >= 0.3 is 0 Å². The Morgan fingerprint density at radius 3 is 3.04 bits per heavy atom. The SMILES string of the molecule is CCOc1cccc2cc(C(=O)N3CCCN(Cc4nccs4)CC3)oc12. The molecule has 27 heavy (non-hydrogen) atoms. The average Bonchev–Trinajstić information content (AvgIpc) is 3.28. The van der Waals surface area contributed by atoms with Crippen LogP contribution in [0.5, 0.6) is 5.75 Å². The first kappa shape index (κ1) is 18.0. The van der Waals surface area contributed by atoms with Gasteiger partial charge in [0.05, 0.1) is 13.2 Å². The van der Waals surface area contributed by atoms with Gasteiger partial charge in [-0.1, -0.05) is 12.1 Å². The van der Waals surface area contributed by atoms with Gasteiger partial charge in [-0.15, -0.1) is 11.3 Å². The summed E-state index contributed by atoms with van der Waals surface area (Å²) >= 11 is 1.67. The standard InChI is InChI=1S/C20H23N3O3S/c1-2-25-16-6-3-5-15-13-17(26-19(15)16)20(24)23-9-4-8-22(10-11-23)14-18-21-7-12-27-18/h3,5-7,12-13H,2,4,8-11,14H2,1H3. The Kier molecular flexibility index (Phi) is 5.40. The highest BCUT2D eigenvalue weighted by Gasteiger charge is 2.24. The summed E-state index contributed by atoms with van der Waals surface area (Å²) in [6.45, 7) is 6.59. The highest BCUT2D eigenvalue weighted by atomic mass is 32.1. The van der Waals surface area contributed by atoms with Crippen molar-refractivity contribution in [2.45, 2.75) is 19.9 Å². The molecular formula is C20H23N3O3S. The largest absolute Gasteiger partial charge is 0.490 e. The lowest BCUT2D eigenvalue weighted by Crippen LogP contribution is -2.34. The number of carbonyl (C=O) groups is 1. The van der Waals surface area contributed by atoms with Crippen molar-refractivity contribution in [1.29, 1.82) is 0 Å². The molecule has 0 aliphatic carbocycles. The maximum Gasteiger partial charge on any atom is 0.289 e. The smallest absolute Gasteiger partial charge is 0.289 e. The quantitative estimate of drug-likeness (QED) is 0.671. The molecule has 0 spiro atoms. The van der Waals surface area contributed by atoms with Crippen molar-refractivity contribution in [3.8, 4) is 5.75 Å². The van der Waals surface area contributed by atoms with Gasteiger partial charge in [0.25, 0.3) is 5.91 Å². The van der Waals surface area contributed by atoms with Crippen LogP contribution >= 0.6 is 11.3 Å². The van der Waals surface area contributed by atoms with E-state index in [1.54, 1.807) is 11.3 Å². The number of ether oxygens (including phenoxy) is 1. The minimum atomic E-state index is -0.0512. The first-order valence-corrected chi connectivity index (χ1v) is 10.2. The van der Waals surface area contributed by atoms with Crippen LogP contribution in [0.15, 0.2) is 40.3 Å². The first-order chi connectivity index (χ1) is 13.2. The predicted octanol–water partition coefficient (Wildman–Crippen LogP) is 3.64. The molecule has 1 amide bonds. The van der Waals surface area contributed by atoms with Gasteiger partial charge in [-0.2, -0.15) is 0 Å². The number of thiazole rings is 1. The third kappa shape index (κ3) is 3.99. The van der Waals surface area contributed by atoms with Crippen LogP contribution in [0.3, 0.4) is 0 Å². The number of para-hydroxylation sites is 1. The highest BCUT2D eigenvalue weighted by Crippen LogP contribution is 2.29. The van der Waals surface area contributed by atoms with Gasteiger partial charge in [0, 0.05) is 43.1 Å². The molecule has 4 rings (SSSR count). The molecule has 0 atom stereocenters. The minimum absolute atomic E-state index is 0.0512. The molecule has 3 heterocycles. The summed E-state index contributed by atoms with van der Waals surface area (Å²) in [4.78, 5) is 21.6. The highest BCUT2D eigenvalue weighted by molar-refractivity contribution is 7.09. The first-order valence-electron chi connectivity index (χ1n) is 9.30. The molecule has 3 aromatic rings. The number of amides is 1. The number of aromatic nitrogens is 1. The third-order valence-corrected chi connectivity index (χ3v) is 5.50. The lowest BCUT2D eigenvalue weighted by molar-refractivity contribution is 0.0731. The number of rotatable bonds is 5. The Hall–Kier alpha value is -2.38. The molecule has 0 radical (unpaired) electrons. The van der Waals surface area contributed by atoms with E-state index in [4.69, 9.17) is 9.15 Å². The normalized spacial score (nSPS) is 15.8. The van der Waals surface area contributed by atoms with E-state index in [1.165, 1.54) is 0 Å². The zero-order valence-electron chi connectivity index (χ0n) is 15.4. The molecule has 1 aliphatic heterocycles. The molecule has 2 aromatic heterocycles. The monoisotopic (exact) mass is 385 g/mol. The summed E-state index contributed by atoms with van der Waals surface area (Å²) in [5, 5.41) is 4.01. The molecule has 1 aliphatic rings. The van der Waals surface area contributed by atoms with Crippen LogP contribution in [0, 0.1) is 0 Å². The summed E-state index contributed by atoms with van der Waals surface area (Å²) in [5.74, 6) is 1.01. The molecule has 1 fully saturated rings. The van der Waals surface area contributed by atoms with Gasteiger partial charge in [-0.25, -0.2) is 4.98 Å². The van der Waals surface area contributed by atoms with Gasteiger partial charge in [-0.05, 0) is 25.5 Å². The zero-order valence-corrected chi connectivity index (χ0v) is 16.2. The van der Waals surface area contributed by atoms with Crippen molar-refractivity contribution in [1.82, 2.24) is 14.8 Å². The molecule has 0 N–H and O–H groups in total. The van der Waals surface area contributed by atoms with Crippen LogP contribution in [-0.2, 0) is 6.54 Å². The number of furan rings is 1. The lowest BCUT2D eigenvalue weighted by Gasteiger charge is -2.20. The molecule has 1 saturated heterocycles. The topological polar surface area (TPSA) is 58.8 Å². The maximum absolute atomic E-state index is 13.0. The van der Waals surface area contributed by atoms with Crippen molar-refractivity contribution >= 4 is 28.2 Å². The number of carbonyl (C=O) groups excluding carboxylic acids is 1. The summed E-state index contributed by atoms with van der Waals surface area (Å²) in [7, 11) is 0. The Morgan fingerprint density at radius 2 is 2.22 bits per heavy atom. The second kappa shape index (κ2) is 8.10. The molecule has 0 unspecified atom stereocenters. The molecule has 0 saturated carbocycles. The molecule has 142 valence electrons. The fourth-order valence-electron chi connectivity index (χ4n) is 3.42. The summed E-state index contributed by atoms with van der Waals surface area (Å²) < 4.78 is 11.5. The molecule has 0 bridgehead atoms.